The summed E-state index contributed by atoms with van der Waals surface area (Å²) in [7, 11) is 1.72. The van der Waals surface area contributed by atoms with E-state index >= 15 is 0 Å². The van der Waals surface area contributed by atoms with Crippen molar-refractivity contribution in [1.82, 2.24) is 15.1 Å². The molecule has 1 amide bonds. The number of anilines is 1. The maximum atomic E-state index is 11.8. The Morgan fingerprint density at radius 1 is 1.60 bits per heavy atom. The Bertz CT molecular complexity index is 365. The van der Waals surface area contributed by atoms with Crippen molar-refractivity contribution >= 4 is 11.7 Å². The molecular formula is C10H16N4O. The molecule has 1 aliphatic rings. The van der Waals surface area contributed by atoms with E-state index in [-0.39, 0.29) is 5.91 Å². The molecule has 15 heavy (non-hydrogen) atoms. The molecule has 0 spiro atoms. The fourth-order valence-corrected chi connectivity index (χ4v) is 1.96. The van der Waals surface area contributed by atoms with Crippen LogP contribution in [-0.2, 0) is 7.05 Å². The van der Waals surface area contributed by atoms with Crippen molar-refractivity contribution < 1.29 is 4.79 Å². The number of rotatable bonds is 2. The van der Waals surface area contributed by atoms with Gasteiger partial charge in [-0.15, -0.1) is 0 Å². The number of nitrogens with zero attached hydrogens (tertiary/aromatic N) is 2. The summed E-state index contributed by atoms with van der Waals surface area (Å²) in [6.45, 7) is 0. The van der Waals surface area contributed by atoms with Gasteiger partial charge in [0.05, 0.1) is 6.20 Å². The van der Waals surface area contributed by atoms with Gasteiger partial charge in [0.15, 0.2) is 0 Å². The second-order valence-corrected chi connectivity index (χ2v) is 4.02. The van der Waals surface area contributed by atoms with E-state index in [0.717, 1.165) is 12.8 Å². The van der Waals surface area contributed by atoms with Crippen molar-refractivity contribution in [1.29, 1.82) is 0 Å². The topological polar surface area (TPSA) is 72.9 Å². The molecule has 82 valence electrons. The summed E-state index contributed by atoms with van der Waals surface area (Å²) in [6, 6.07) is 0.317. The third kappa shape index (κ3) is 1.95. The van der Waals surface area contributed by atoms with E-state index in [9.17, 15) is 4.79 Å². The SMILES string of the molecule is Cn1ncc(C(=O)NC2CCCC2)c1N. The van der Waals surface area contributed by atoms with Crippen molar-refractivity contribution in [3.63, 3.8) is 0 Å². The minimum atomic E-state index is -0.104. The van der Waals surface area contributed by atoms with Gasteiger partial charge in [-0.05, 0) is 12.8 Å². The number of nitrogens with two attached hydrogens (primary N) is 1. The van der Waals surface area contributed by atoms with E-state index in [0.29, 0.717) is 17.4 Å². The molecular weight excluding hydrogens is 192 g/mol. The van der Waals surface area contributed by atoms with Crippen LogP contribution in [-0.4, -0.2) is 21.7 Å². The van der Waals surface area contributed by atoms with Crippen LogP contribution in [0.15, 0.2) is 6.20 Å². The van der Waals surface area contributed by atoms with Crippen LogP contribution in [0.25, 0.3) is 0 Å². The first-order chi connectivity index (χ1) is 7.18. The van der Waals surface area contributed by atoms with Crippen LogP contribution in [0.3, 0.4) is 0 Å². The normalized spacial score (nSPS) is 16.9. The molecule has 0 saturated heterocycles. The van der Waals surface area contributed by atoms with Crippen LogP contribution in [0, 0.1) is 0 Å². The predicted molar refractivity (Wildman–Crippen MR) is 57.3 cm³/mol. The van der Waals surface area contributed by atoms with Gasteiger partial charge >= 0.3 is 0 Å². The van der Waals surface area contributed by atoms with Crippen molar-refractivity contribution in [2.45, 2.75) is 31.7 Å². The van der Waals surface area contributed by atoms with Crippen LogP contribution in [0.4, 0.5) is 5.82 Å². The molecule has 1 saturated carbocycles. The Morgan fingerprint density at radius 3 is 2.80 bits per heavy atom. The minimum absolute atomic E-state index is 0.104. The highest BCUT2D eigenvalue weighted by Crippen LogP contribution is 2.18. The first kappa shape index (κ1) is 10.0. The summed E-state index contributed by atoms with van der Waals surface area (Å²) in [6.07, 6.45) is 6.07. The Kier molecular flexibility index (Phi) is 2.62. The standard InChI is InChI=1S/C10H16N4O/c1-14-9(11)8(6-12-14)10(15)13-7-4-2-3-5-7/h6-7H,2-5,11H2,1H3,(H,13,15). The number of carbonyl (C=O) groups excluding carboxylic acids is 1. The molecule has 0 atom stereocenters. The maximum absolute atomic E-state index is 11.8. The van der Waals surface area contributed by atoms with E-state index in [1.165, 1.54) is 23.7 Å². The number of hydrogen-bond donors (Lipinski definition) is 2. The van der Waals surface area contributed by atoms with Crippen molar-refractivity contribution in [3.05, 3.63) is 11.8 Å². The Hall–Kier alpha value is -1.52. The zero-order valence-corrected chi connectivity index (χ0v) is 8.86. The summed E-state index contributed by atoms with van der Waals surface area (Å²) in [5.74, 6) is 0.318. The largest absolute Gasteiger partial charge is 0.383 e. The maximum Gasteiger partial charge on any atom is 0.256 e. The van der Waals surface area contributed by atoms with Crippen LogP contribution in [0.1, 0.15) is 36.0 Å². The summed E-state index contributed by atoms with van der Waals surface area (Å²) in [5, 5.41) is 6.92. The molecule has 1 aromatic heterocycles. The Labute approximate surface area is 88.6 Å². The molecule has 0 radical (unpaired) electrons. The highest BCUT2D eigenvalue weighted by atomic mass is 16.1. The fourth-order valence-electron chi connectivity index (χ4n) is 1.96. The van der Waals surface area contributed by atoms with E-state index in [4.69, 9.17) is 5.73 Å². The monoisotopic (exact) mass is 208 g/mol. The molecule has 1 heterocycles. The van der Waals surface area contributed by atoms with Crippen LogP contribution in [0.5, 0.6) is 0 Å². The van der Waals surface area contributed by atoms with Crippen LogP contribution < -0.4 is 11.1 Å². The molecule has 3 N–H and O–H groups in total. The average Bonchev–Trinajstić information content (AvgIpc) is 2.79. The number of carbonyl (C=O) groups is 1. The summed E-state index contributed by atoms with van der Waals surface area (Å²) >= 11 is 0. The van der Waals surface area contributed by atoms with Crippen LogP contribution >= 0.6 is 0 Å². The quantitative estimate of drug-likeness (QED) is 0.750. The molecule has 0 aromatic carbocycles. The van der Waals surface area contributed by atoms with Gasteiger partial charge in [-0.2, -0.15) is 5.10 Å². The van der Waals surface area contributed by atoms with Gasteiger partial charge in [-0.25, -0.2) is 0 Å². The van der Waals surface area contributed by atoms with E-state index in [1.54, 1.807) is 7.05 Å². The Balaban J connectivity index is 2.04. The number of aromatic nitrogens is 2. The molecule has 0 bridgehead atoms. The van der Waals surface area contributed by atoms with Gasteiger partial charge in [0.25, 0.3) is 5.91 Å². The number of nitrogens with one attached hydrogen (secondary N) is 1. The summed E-state index contributed by atoms with van der Waals surface area (Å²) in [4.78, 5) is 11.8. The first-order valence-electron chi connectivity index (χ1n) is 5.27. The number of hydrogen-bond acceptors (Lipinski definition) is 3. The lowest BCUT2D eigenvalue weighted by Crippen LogP contribution is -2.32. The number of aryl methyl sites for hydroxylation is 1. The van der Waals surface area contributed by atoms with Gasteiger partial charge < -0.3 is 11.1 Å². The summed E-state index contributed by atoms with van der Waals surface area (Å²) in [5.41, 5.74) is 6.19. The fraction of sp³-hybridized carbons (Fsp3) is 0.600. The second kappa shape index (κ2) is 3.92. The predicted octanol–water partition coefficient (Wildman–Crippen LogP) is 0.675. The van der Waals surface area contributed by atoms with Gasteiger partial charge in [-0.1, -0.05) is 12.8 Å². The highest BCUT2D eigenvalue weighted by molar-refractivity contribution is 5.98. The molecule has 1 fully saturated rings. The third-order valence-electron chi connectivity index (χ3n) is 2.92. The van der Waals surface area contributed by atoms with Crippen molar-refractivity contribution in [3.8, 4) is 0 Å². The van der Waals surface area contributed by atoms with Gasteiger partial charge in [-0.3, -0.25) is 9.48 Å². The highest BCUT2D eigenvalue weighted by Gasteiger charge is 2.20. The average molecular weight is 208 g/mol. The van der Waals surface area contributed by atoms with Crippen LogP contribution in [0.2, 0.25) is 0 Å². The molecule has 1 aromatic rings. The lowest BCUT2D eigenvalue weighted by Gasteiger charge is -2.10. The molecule has 0 aliphatic heterocycles. The van der Waals surface area contributed by atoms with Gasteiger partial charge in [0, 0.05) is 13.1 Å². The first-order valence-corrected chi connectivity index (χ1v) is 5.27. The smallest absolute Gasteiger partial charge is 0.256 e. The number of amides is 1. The van der Waals surface area contributed by atoms with Gasteiger partial charge in [0.2, 0.25) is 0 Å². The van der Waals surface area contributed by atoms with Crippen molar-refractivity contribution in [2.24, 2.45) is 7.05 Å². The lowest BCUT2D eigenvalue weighted by molar-refractivity contribution is 0.0939. The van der Waals surface area contributed by atoms with E-state index < -0.39 is 0 Å². The minimum Gasteiger partial charge on any atom is -0.383 e. The van der Waals surface area contributed by atoms with Crippen molar-refractivity contribution in [2.75, 3.05) is 5.73 Å². The summed E-state index contributed by atoms with van der Waals surface area (Å²) < 4.78 is 1.50. The number of nitrogen functional groups attached to an aromatic ring is 1. The zero-order chi connectivity index (χ0) is 10.8. The Morgan fingerprint density at radius 2 is 2.27 bits per heavy atom. The molecule has 2 rings (SSSR count). The molecule has 1 aliphatic carbocycles. The zero-order valence-electron chi connectivity index (χ0n) is 8.86. The van der Waals surface area contributed by atoms with E-state index in [2.05, 4.69) is 10.4 Å². The molecule has 5 nitrogen and oxygen atoms in total. The molecule has 5 heteroatoms. The third-order valence-corrected chi connectivity index (χ3v) is 2.92. The molecule has 0 unspecified atom stereocenters. The second-order valence-electron chi connectivity index (χ2n) is 4.02. The van der Waals surface area contributed by atoms with E-state index in [1.807, 2.05) is 0 Å². The van der Waals surface area contributed by atoms with Gasteiger partial charge in [0.1, 0.15) is 11.4 Å². The lowest BCUT2D eigenvalue weighted by atomic mass is 10.2.